The van der Waals surface area contributed by atoms with E-state index < -0.39 is 11.7 Å². The number of pyridine rings is 1. The van der Waals surface area contributed by atoms with Crippen molar-refractivity contribution in [2.24, 2.45) is 0 Å². The SMILES string of the molecule is CCC(Br)Cc1ncccc1C(F)(F)F. The molecule has 0 saturated carbocycles. The van der Waals surface area contributed by atoms with Gasteiger partial charge in [0.25, 0.3) is 0 Å². The lowest BCUT2D eigenvalue weighted by molar-refractivity contribution is -0.138. The molecule has 1 atom stereocenters. The minimum absolute atomic E-state index is 0.0356. The van der Waals surface area contributed by atoms with Gasteiger partial charge >= 0.3 is 6.18 Å². The summed E-state index contributed by atoms with van der Waals surface area (Å²) in [6, 6.07) is 2.37. The highest BCUT2D eigenvalue weighted by Gasteiger charge is 2.33. The smallest absolute Gasteiger partial charge is 0.261 e. The van der Waals surface area contributed by atoms with E-state index in [1.54, 1.807) is 0 Å². The number of aromatic nitrogens is 1. The third kappa shape index (κ3) is 3.48. The van der Waals surface area contributed by atoms with E-state index in [1.807, 2.05) is 6.92 Å². The minimum Gasteiger partial charge on any atom is -0.261 e. The Labute approximate surface area is 94.8 Å². The Morgan fingerprint density at radius 2 is 2.13 bits per heavy atom. The van der Waals surface area contributed by atoms with Gasteiger partial charge in [0.15, 0.2) is 0 Å². The second kappa shape index (κ2) is 4.96. The van der Waals surface area contributed by atoms with Crippen LogP contribution in [0.1, 0.15) is 24.6 Å². The van der Waals surface area contributed by atoms with E-state index in [2.05, 4.69) is 20.9 Å². The Balaban J connectivity index is 2.97. The van der Waals surface area contributed by atoms with E-state index >= 15 is 0 Å². The van der Waals surface area contributed by atoms with Crippen molar-refractivity contribution < 1.29 is 13.2 Å². The van der Waals surface area contributed by atoms with Crippen molar-refractivity contribution in [3.63, 3.8) is 0 Å². The van der Waals surface area contributed by atoms with Crippen molar-refractivity contribution in [2.75, 3.05) is 0 Å². The van der Waals surface area contributed by atoms with E-state index in [9.17, 15) is 13.2 Å². The summed E-state index contributed by atoms with van der Waals surface area (Å²) in [5, 5.41) is 0. The third-order valence-electron chi connectivity index (χ3n) is 2.05. The fourth-order valence-electron chi connectivity index (χ4n) is 1.21. The topological polar surface area (TPSA) is 12.9 Å². The molecule has 1 heterocycles. The third-order valence-corrected chi connectivity index (χ3v) is 3.02. The first-order valence-corrected chi connectivity index (χ1v) is 5.52. The van der Waals surface area contributed by atoms with Crippen LogP contribution in [-0.2, 0) is 12.6 Å². The largest absolute Gasteiger partial charge is 0.418 e. The van der Waals surface area contributed by atoms with Crippen LogP contribution in [0.5, 0.6) is 0 Å². The highest BCUT2D eigenvalue weighted by Crippen LogP contribution is 2.32. The van der Waals surface area contributed by atoms with Crippen LogP contribution in [-0.4, -0.2) is 9.81 Å². The summed E-state index contributed by atoms with van der Waals surface area (Å²) in [6.07, 6.45) is -1.86. The van der Waals surface area contributed by atoms with E-state index in [4.69, 9.17) is 0 Å². The minimum atomic E-state index is -4.32. The molecule has 0 aliphatic rings. The van der Waals surface area contributed by atoms with Crippen molar-refractivity contribution >= 4 is 15.9 Å². The van der Waals surface area contributed by atoms with Crippen LogP contribution in [0.2, 0.25) is 0 Å². The highest BCUT2D eigenvalue weighted by atomic mass is 79.9. The number of hydrogen-bond donors (Lipinski definition) is 0. The van der Waals surface area contributed by atoms with Gasteiger partial charge < -0.3 is 0 Å². The Hall–Kier alpha value is -0.580. The first kappa shape index (κ1) is 12.5. The number of rotatable bonds is 3. The van der Waals surface area contributed by atoms with Gasteiger partial charge in [-0.2, -0.15) is 13.2 Å². The van der Waals surface area contributed by atoms with Gasteiger partial charge in [0.2, 0.25) is 0 Å². The summed E-state index contributed by atoms with van der Waals surface area (Å²) in [5.41, 5.74) is -0.531. The Morgan fingerprint density at radius 1 is 1.47 bits per heavy atom. The standard InChI is InChI=1S/C10H11BrF3N/c1-2-7(11)6-9-8(10(12,13)14)4-3-5-15-9/h3-5,7H,2,6H2,1H3. The molecule has 0 radical (unpaired) electrons. The van der Waals surface area contributed by atoms with Crippen molar-refractivity contribution in [1.82, 2.24) is 4.98 Å². The molecule has 0 amide bonds. The Morgan fingerprint density at radius 3 is 2.67 bits per heavy atom. The van der Waals surface area contributed by atoms with Gasteiger partial charge in [-0.3, -0.25) is 4.98 Å². The maximum absolute atomic E-state index is 12.5. The van der Waals surface area contributed by atoms with Gasteiger partial charge in [-0.05, 0) is 18.6 Å². The zero-order chi connectivity index (χ0) is 11.5. The fourth-order valence-corrected chi connectivity index (χ4v) is 1.52. The summed E-state index contributed by atoms with van der Waals surface area (Å²) in [5.74, 6) is 0. The first-order valence-electron chi connectivity index (χ1n) is 4.60. The number of hydrogen-bond acceptors (Lipinski definition) is 1. The van der Waals surface area contributed by atoms with Crippen LogP contribution in [0.15, 0.2) is 18.3 Å². The predicted molar refractivity (Wildman–Crippen MR) is 55.9 cm³/mol. The molecule has 0 aliphatic carbocycles. The van der Waals surface area contributed by atoms with Crippen LogP contribution in [0, 0.1) is 0 Å². The van der Waals surface area contributed by atoms with E-state index in [1.165, 1.54) is 12.3 Å². The molecule has 0 saturated heterocycles. The number of nitrogens with zero attached hydrogens (tertiary/aromatic N) is 1. The van der Waals surface area contributed by atoms with Crippen molar-refractivity contribution in [3.05, 3.63) is 29.6 Å². The van der Waals surface area contributed by atoms with Gasteiger partial charge in [0.1, 0.15) is 0 Å². The molecule has 1 aromatic rings. The van der Waals surface area contributed by atoms with E-state index in [-0.39, 0.29) is 10.5 Å². The summed E-state index contributed by atoms with van der Waals surface area (Å²) < 4.78 is 37.6. The molecule has 0 aliphatic heterocycles. The molecule has 15 heavy (non-hydrogen) atoms. The van der Waals surface area contributed by atoms with Crippen LogP contribution in [0.25, 0.3) is 0 Å². The fraction of sp³-hybridized carbons (Fsp3) is 0.500. The molecule has 1 nitrogen and oxygen atoms in total. The van der Waals surface area contributed by atoms with E-state index in [0.29, 0.717) is 6.42 Å². The second-order valence-corrected chi connectivity index (χ2v) is 4.50. The zero-order valence-electron chi connectivity index (χ0n) is 8.18. The zero-order valence-corrected chi connectivity index (χ0v) is 9.77. The van der Waals surface area contributed by atoms with Gasteiger partial charge in [0.05, 0.1) is 11.3 Å². The molecule has 0 bridgehead atoms. The molecule has 1 unspecified atom stereocenters. The quantitative estimate of drug-likeness (QED) is 0.768. The monoisotopic (exact) mass is 281 g/mol. The first-order chi connectivity index (χ1) is 6.95. The lowest BCUT2D eigenvalue weighted by atomic mass is 10.1. The maximum atomic E-state index is 12.5. The highest BCUT2D eigenvalue weighted by molar-refractivity contribution is 9.09. The van der Waals surface area contributed by atoms with Crippen molar-refractivity contribution in [1.29, 1.82) is 0 Å². The molecular weight excluding hydrogens is 271 g/mol. The number of alkyl halides is 4. The molecule has 0 N–H and O–H groups in total. The van der Waals surface area contributed by atoms with Gasteiger partial charge in [-0.15, -0.1) is 0 Å². The lowest BCUT2D eigenvalue weighted by Crippen LogP contribution is -2.13. The van der Waals surface area contributed by atoms with E-state index in [0.717, 1.165) is 12.5 Å². The van der Waals surface area contributed by atoms with Crippen LogP contribution in [0.3, 0.4) is 0 Å². The molecule has 5 heteroatoms. The second-order valence-electron chi connectivity index (χ2n) is 3.21. The molecular formula is C10H11BrF3N. The summed E-state index contributed by atoms with van der Waals surface area (Å²) in [4.78, 5) is 3.82. The molecule has 1 aromatic heterocycles. The van der Waals surface area contributed by atoms with Crippen LogP contribution < -0.4 is 0 Å². The predicted octanol–water partition coefficient (Wildman–Crippen LogP) is 3.82. The van der Waals surface area contributed by atoms with Gasteiger partial charge in [-0.1, -0.05) is 22.9 Å². The molecule has 0 fully saturated rings. The average molecular weight is 282 g/mol. The van der Waals surface area contributed by atoms with Gasteiger partial charge in [-0.25, -0.2) is 0 Å². The maximum Gasteiger partial charge on any atom is 0.418 e. The Bertz CT molecular complexity index is 325. The van der Waals surface area contributed by atoms with Crippen LogP contribution >= 0.6 is 15.9 Å². The molecule has 0 spiro atoms. The Kier molecular flexibility index (Phi) is 4.13. The molecule has 0 aromatic carbocycles. The molecule has 1 rings (SSSR count). The van der Waals surface area contributed by atoms with Gasteiger partial charge in [0, 0.05) is 17.4 Å². The summed E-state index contributed by atoms with van der Waals surface area (Å²) in [7, 11) is 0. The van der Waals surface area contributed by atoms with Crippen LogP contribution in [0.4, 0.5) is 13.2 Å². The lowest BCUT2D eigenvalue weighted by Gasteiger charge is -2.13. The average Bonchev–Trinajstić information content (AvgIpc) is 2.17. The molecule has 84 valence electrons. The van der Waals surface area contributed by atoms with Crippen molar-refractivity contribution in [2.45, 2.75) is 30.8 Å². The van der Waals surface area contributed by atoms with Crippen molar-refractivity contribution in [3.8, 4) is 0 Å². The normalized spacial score (nSPS) is 13.9. The summed E-state index contributed by atoms with van der Waals surface area (Å²) in [6.45, 7) is 1.91. The number of halogens is 4. The summed E-state index contributed by atoms with van der Waals surface area (Å²) >= 11 is 3.31.